The van der Waals surface area contributed by atoms with Crippen molar-refractivity contribution in [2.45, 2.75) is 45.4 Å². The van der Waals surface area contributed by atoms with Crippen LogP contribution in [0.4, 0.5) is 0 Å². The average Bonchev–Trinajstić information content (AvgIpc) is 2.02. The van der Waals surface area contributed by atoms with Gasteiger partial charge in [-0.1, -0.05) is 18.6 Å². The molecule has 0 amide bonds. The van der Waals surface area contributed by atoms with Gasteiger partial charge in [-0.25, -0.2) is 0 Å². The number of allylic oxidation sites excluding steroid dienone is 2. The first-order valence-electron chi connectivity index (χ1n) is 4.92. The standard InChI is InChI=1S/C11H16O/c1-11-7-3-2-4-9(11)5-6-10(12)8-11/h4H,2-3,5-8H2,1H3. The number of hydrogen-bond acceptors (Lipinski definition) is 1. The largest absolute Gasteiger partial charge is 0.300 e. The molecule has 0 heterocycles. The van der Waals surface area contributed by atoms with Crippen molar-refractivity contribution < 1.29 is 4.79 Å². The first-order valence-corrected chi connectivity index (χ1v) is 4.92. The highest BCUT2D eigenvalue weighted by Gasteiger charge is 2.35. The van der Waals surface area contributed by atoms with Gasteiger partial charge in [0.2, 0.25) is 0 Å². The first-order chi connectivity index (χ1) is 5.71. The summed E-state index contributed by atoms with van der Waals surface area (Å²) >= 11 is 0. The van der Waals surface area contributed by atoms with Crippen LogP contribution in [-0.2, 0) is 4.79 Å². The van der Waals surface area contributed by atoms with Crippen LogP contribution in [0.25, 0.3) is 0 Å². The molecule has 0 saturated heterocycles. The fourth-order valence-electron chi connectivity index (χ4n) is 2.58. The molecule has 0 radical (unpaired) electrons. The molecule has 2 rings (SSSR count). The van der Waals surface area contributed by atoms with Crippen LogP contribution in [0.3, 0.4) is 0 Å². The highest BCUT2D eigenvalue weighted by atomic mass is 16.1. The zero-order valence-electron chi connectivity index (χ0n) is 7.73. The van der Waals surface area contributed by atoms with Gasteiger partial charge in [0.15, 0.2) is 0 Å². The van der Waals surface area contributed by atoms with Gasteiger partial charge < -0.3 is 0 Å². The van der Waals surface area contributed by atoms with E-state index in [-0.39, 0.29) is 5.41 Å². The third-order valence-electron chi connectivity index (χ3n) is 3.36. The van der Waals surface area contributed by atoms with Crippen molar-refractivity contribution in [2.24, 2.45) is 5.41 Å². The Morgan fingerprint density at radius 1 is 1.42 bits per heavy atom. The number of Topliss-reactive ketones (excluding diaryl/α,β-unsaturated/α-hetero) is 1. The molecule has 1 unspecified atom stereocenters. The number of carbonyl (C=O) groups excluding carboxylic acids is 1. The Bertz CT molecular complexity index is 239. The summed E-state index contributed by atoms with van der Waals surface area (Å²) in [5.41, 5.74) is 1.82. The quantitative estimate of drug-likeness (QED) is 0.503. The van der Waals surface area contributed by atoms with Gasteiger partial charge in [-0.05, 0) is 31.1 Å². The Balaban J connectivity index is 2.26. The number of rotatable bonds is 0. The van der Waals surface area contributed by atoms with Gasteiger partial charge in [-0.2, -0.15) is 0 Å². The van der Waals surface area contributed by atoms with Crippen molar-refractivity contribution in [1.82, 2.24) is 0 Å². The fourth-order valence-corrected chi connectivity index (χ4v) is 2.58. The Kier molecular flexibility index (Phi) is 1.82. The zero-order valence-corrected chi connectivity index (χ0v) is 7.73. The monoisotopic (exact) mass is 164 g/mol. The molecule has 0 aromatic rings. The Morgan fingerprint density at radius 2 is 2.25 bits per heavy atom. The molecular weight excluding hydrogens is 148 g/mol. The summed E-state index contributed by atoms with van der Waals surface area (Å²) in [6, 6.07) is 0. The summed E-state index contributed by atoms with van der Waals surface area (Å²) in [7, 11) is 0. The summed E-state index contributed by atoms with van der Waals surface area (Å²) in [5.74, 6) is 0.469. The predicted octanol–water partition coefficient (Wildman–Crippen LogP) is 2.86. The topological polar surface area (TPSA) is 17.1 Å². The van der Waals surface area contributed by atoms with Crippen LogP contribution in [0.15, 0.2) is 11.6 Å². The van der Waals surface area contributed by atoms with Crippen molar-refractivity contribution in [3.63, 3.8) is 0 Å². The van der Waals surface area contributed by atoms with E-state index in [1.807, 2.05) is 0 Å². The van der Waals surface area contributed by atoms with Crippen LogP contribution in [0.1, 0.15) is 45.4 Å². The van der Waals surface area contributed by atoms with E-state index in [2.05, 4.69) is 13.0 Å². The molecule has 0 spiro atoms. The molecule has 0 aliphatic heterocycles. The van der Waals surface area contributed by atoms with E-state index in [0.29, 0.717) is 5.78 Å². The molecule has 1 atom stereocenters. The smallest absolute Gasteiger partial charge is 0.134 e. The third kappa shape index (κ3) is 1.21. The van der Waals surface area contributed by atoms with Crippen molar-refractivity contribution in [2.75, 3.05) is 0 Å². The van der Waals surface area contributed by atoms with E-state index in [4.69, 9.17) is 0 Å². The van der Waals surface area contributed by atoms with Gasteiger partial charge in [0.05, 0.1) is 0 Å². The molecule has 66 valence electrons. The van der Waals surface area contributed by atoms with Gasteiger partial charge >= 0.3 is 0 Å². The zero-order chi connectivity index (χ0) is 8.60. The molecule has 2 aliphatic carbocycles. The lowest BCUT2D eigenvalue weighted by molar-refractivity contribution is -0.122. The number of carbonyl (C=O) groups is 1. The SMILES string of the molecule is CC12CCCC=C1CCC(=O)C2. The maximum atomic E-state index is 11.3. The molecule has 1 heteroatoms. The van der Waals surface area contributed by atoms with Crippen LogP contribution in [0, 0.1) is 5.41 Å². The first kappa shape index (κ1) is 8.03. The van der Waals surface area contributed by atoms with E-state index in [1.54, 1.807) is 5.57 Å². The summed E-state index contributed by atoms with van der Waals surface area (Å²) < 4.78 is 0. The predicted molar refractivity (Wildman–Crippen MR) is 48.9 cm³/mol. The van der Waals surface area contributed by atoms with Crippen LogP contribution < -0.4 is 0 Å². The maximum absolute atomic E-state index is 11.3. The van der Waals surface area contributed by atoms with Crippen LogP contribution in [-0.4, -0.2) is 5.78 Å². The van der Waals surface area contributed by atoms with Crippen LogP contribution in [0.2, 0.25) is 0 Å². The Morgan fingerprint density at radius 3 is 3.08 bits per heavy atom. The number of hydrogen-bond donors (Lipinski definition) is 0. The van der Waals surface area contributed by atoms with E-state index in [0.717, 1.165) is 19.3 Å². The van der Waals surface area contributed by atoms with Crippen LogP contribution >= 0.6 is 0 Å². The van der Waals surface area contributed by atoms with Crippen molar-refractivity contribution in [3.05, 3.63) is 11.6 Å². The fraction of sp³-hybridized carbons (Fsp3) is 0.727. The molecule has 1 nitrogen and oxygen atoms in total. The maximum Gasteiger partial charge on any atom is 0.134 e. The average molecular weight is 164 g/mol. The van der Waals surface area contributed by atoms with Crippen molar-refractivity contribution in [3.8, 4) is 0 Å². The highest BCUT2D eigenvalue weighted by Crippen LogP contribution is 2.45. The van der Waals surface area contributed by atoms with Crippen molar-refractivity contribution in [1.29, 1.82) is 0 Å². The summed E-state index contributed by atoms with van der Waals surface area (Å²) in [6.07, 6.45) is 8.74. The molecule has 0 N–H and O–H groups in total. The summed E-state index contributed by atoms with van der Waals surface area (Å²) in [6.45, 7) is 2.26. The van der Waals surface area contributed by atoms with Gasteiger partial charge in [0.1, 0.15) is 5.78 Å². The van der Waals surface area contributed by atoms with E-state index in [9.17, 15) is 4.79 Å². The van der Waals surface area contributed by atoms with E-state index < -0.39 is 0 Å². The Labute approximate surface area is 73.8 Å². The molecule has 0 aromatic heterocycles. The van der Waals surface area contributed by atoms with Gasteiger partial charge in [-0.3, -0.25) is 4.79 Å². The molecular formula is C11H16O. The van der Waals surface area contributed by atoms with E-state index in [1.165, 1.54) is 19.3 Å². The minimum Gasteiger partial charge on any atom is -0.300 e. The minimum atomic E-state index is 0.258. The van der Waals surface area contributed by atoms with Gasteiger partial charge in [-0.15, -0.1) is 0 Å². The van der Waals surface area contributed by atoms with E-state index >= 15 is 0 Å². The second kappa shape index (κ2) is 2.72. The second-order valence-corrected chi connectivity index (χ2v) is 4.40. The highest BCUT2D eigenvalue weighted by molar-refractivity contribution is 5.81. The molecule has 0 aromatic carbocycles. The molecule has 0 bridgehead atoms. The second-order valence-electron chi connectivity index (χ2n) is 4.40. The van der Waals surface area contributed by atoms with Crippen LogP contribution in [0.5, 0.6) is 0 Å². The van der Waals surface area contributed by atoms with Crippen molar-refractivity contribution >= 4 is 5.78 Å². The number of fused-ring (bicyclic) bond motifs is 1. The lowest BCUT2D eigenvalue weighted by Crippen LogP contribution is -2.30. The normalized spacial score (nSPS) is 35.8. The van der Waals surface area contributed by atoms with Gasteiger partial charge in [0.25, 0.3) is 0 Å². The molecule has 1 fully saturated rings. The summed E-state index contributed by atoms with van der Waals surface area (Å²) in [4.78, 5) is 11.3. The summed E-state index contributed by atoms with van der Waals surface area (Å²) in [5, 5.41) is 0. The lowest BCUT2D eigenvalue weighted by Gasteiger charge is -2.38. The third-order valence-corrected chi connectivity index (χ3v) is 3.36. The lowest BCUT2D eigenvalue weighted by atomic mass is 9.66. The van der Waals surface area contributed by atoms with Gasteiger partial charge in [0, 0.05) is 12.8 Å². The number of ketones is 1. The Hall–Kier alpha value is -0.590. The minimum absolute atomic E-state index is 0.258. The molecule has 1 saturated carbocycles. The molecule has 2 aliphatic rings. The molecule has 12 heavy (non-hydrogen) atoms.